The van der Waals surface area contributed by atoms with Crippen molar-refractivity contribution in [2.75, 3.05) is 0 Å². The third-order valence-electron chi connectivity index (χ3n) is 4.84. The number of pyridine rings is 1. The molecule has 0 unspecified atom stereocenters. The van der Waals surface area contributed by atoms with Crippen LogP contribution in [0.2, 0.25) is 0 Å². The number of aromatic nitrogens is 2. The zero-order valence-corrected chi connectivity index (χ0v) is 17.6. The van der Waals surface area contributed by atoms with Crippen LogP contribution in [-0.2, 0) is 17.8 Å². The number of rotatable bonds is 4. The van der Waals surface area contributed by atoms with Crippen molar-refractivity contribution in [2.45, 2.75) is 39.5 Å². The summed E-state index contributed by atoms with van der Waals surface area (Å²) in [6, 6.07) is 13.5. The van der Waals surface area contributed by atoms with Crippen molar-refractivity contribution in [1.29, 1.82) is 0 Å². The Balaban J connectivity index is 1.58. The van der Waals surface area contributed by atoms with Gasteiger partial charge in [0.05, 0.1) is 21.9 Å². The van der Waals surface area contributed by atoms with Crippen LogP contribution in [0.15, 0.2) is 54.7 Å². The van der Waals surface area contributed by atoms with Gasteiger partial charge in [0.15, 0.2) is 0 Å². The van der Waals surface area contributed by atoms with E-state index in [1.807, 2.05) is 55.7 Å². The summed E-state index contributed by atoms with van der Waals surface area (Å²) >= 11 is 0. The highest BCUT2D eigenvalue weighted by molar-refractivity contribution is 6.06. The number of hydrogen-bond donors (Lipinski definition) is 1. The van der Waals surface area contributed by atoms with E-state index in [-0.39, 0.29) is 0 Å². The van der Waals surface area contributed by atoms with Gasteiger partial charge in [-0.25, -0.2) is 13.6 Å². The molecule has 2 aromatic heterocycles. The Kier molecular flexibility index (Phi) is 5.35. The summed E-state index contributed by atoms with van der Waals surface area (Å²) in [7, 11) is 0. The third-order valence-corrected chi connectivity index (χ3v) is 4.84. The third kappa shape index (κ3) is 4.50. The van der Waals surface area contributed by atoms with Gasteiger partial charge in [0.25, 0.3) is 0 Å². The molecule has 4 aromatic rings. The molecule has 5 nitrogen and oxygen atoms in total. The largest absolute Gasteiger partial charge is 0.444 e. The van der Waals surface area contributed by atoms with E-state index in [9.17, 15) is 13.6 Å². The van der Waals surface area contributed by atoms with Gasteiger partial charge in [0, 0.05) is 25.4 Å². The Labute approximate surface area is 178 Å². The summed E-state index contributed by atoms with van der Waals surface area (Å²) < 4.78 is 35.5. The predicted octanol–water partition coefficient (Wildman–Crippen LogP) is 5.54. The Bertz CT molecular complexity index is 1260. The normalized spacial score (nSPS) is 11.8. The lowest BCUT2D eigenvalue weighted by molar-refractivity contribution is 0.0523. The highest BCUT2D eigenvalue weighted by atomic mass is 19.1. The van der Waals surface area contributed by atoms with Crippen molar-refractivity contribution in [1.82, 2.24) is 14.9 Å². The minimum absolute atomic E-state index is 0.315. The molecule has 0 aliphatic rings. The smallest absolute Gasteiger partial charge is 0.407 e. The van der Waals surface area contributed by atoms with Gasteiger partial charge in [-0.15, -0.1) is 0 Å². The van der Waals surface area contributed by atoms with E-state index in [2.05, 4.69) is 10.3 Å². The molecule has 160 valence electrons. The van der Waals surface area contributed by atoms with E-state index < -0.39 is 23.3 Å². The van der Waals surface area contributed by atoms with Gasteiger partial charge in [-0.1, -0.05) is 24.3 Å². The summed E-state index contributed by atoms with van der Waals surface area (Å²) in [6.45, 7) is 6.19. The highest BCUT2D eigenvalue weighted by Gasteiger charge is 2.17. The van der Waals surface area contributed by atoms with E-state index in [0.29, 0.717) is 29.5 Å². The molecule has 0 spiro atoms. The number of amides is 1. The van der Waals surface area contributed by atoms with E-state index in [1.165, 1.54) is 6.07 Å². The average molecular weight is 423 g/mol. The molecule has 0 saturated heterocycles. The second kappa shape index (κ2) is 7.98. The van der Waals surface area contributed by atoms with Crippen LogP contribution in [0.25, 0.3) is 21.9 Å². The molecule has 2 aromatic carbocycles. The Hall–Kier alpha value is -3.48. The number of hydrogen-bond acceptors (Lipinski definition) is 3. The summed E-state index contributed by atoms with van der Waals surface area (Å²) in [4.78, 5) is 16.1. The van der Waals surface area contributed by atoms with Gasteiger partial charge in [-0.3, -0.25) is 4.98 Å². The van der Waals surface area contributed by atoms with Crippen molar-refractivity contribution in [3.63, 3.8) is 0 Å². The van der Waals surface area contributed by atoms with Gasteiger partial charge in [0.2, 0.25) is 0 Å². The van der Waals surface area contributed by atoms with Crippen molar-refractivity contribution in [2.24, 2.45) is 0 Å². The van der Waals surface area contributed by atoms with Crippen molar-refractivity contribution >= 4 is 28.0 Å². The quantitative estimate of drug-likeness (QED) is 0.469. The van der Waals surface area contributed by atoms with Gasteiger partial charge in [-0.05, 0) is 50.1 Å². The number of alkyl carbamates (subject to hydrolysis) is 1. The maximum atomic E-state index is 14.5. The van der Waals surface area contributed by atoms with Crippen molar-refractivity contribution in [3.05, 3.63) is 77.5 Å². The van der Waals surface area contributed by atoms with Crippen LogP contribution >= 0.6 is 0 Å². The van der Waals surface area contributed by atoms with Gasteiger partial charge in [0.1, 0.15) is 17.2 Å². The lowest BCUT2D eigenvalue weighted by atomic mass is 10.1. The standard InChI is InChI=1S/C24H23F2N3O2/c1-24(2,3)31-23(30)28-13-15-6-8-16(9-7-15)14-29-19-5-4-10-27-22(19)21-18(26)11-17(25)12-20(21)29/h4-12H,13-14H2,1-3H3,(H,28,30). The molecule has 2 heterocycles. The number of fused-ring (bicyclic) bond motifs is 3. The van der Waals surface area contributed by atoms with E-state index >= 15 is 0 Å². The fraction of sp³-hybridized carbons (Fsp3) is 0.250. The molecular weight excluding hydrogens is 400 g/mol. The summed E-state index contributed by atoms with van der Waals surface area (Å²) in [5.74, 6) is -1.25. The molecule has 1 amide bonds. The Morgan fingerprint density at radius 3 is 2.48 bits per heavy atom. The lowest BCUT2D eigenvalue weighted by Crippen LogP contribution is -2.32. The minimum Gasteiger partial charge on any atom is -0.444 e. The number of benzene rings is 2. The predicted molar refractivity (Wildman–Crippen MR) is 116 cm³/mol. The van der Waals surface area contributed by atoms with Crippen molar-refractivity contribution < 1.29 is 18.3 Å². The van der Waals surface area contributed by atoms with Crippen molar-refractivity contribution in [3.8, 4) is 0 Å². The first-order valence-electron chi connectivity index (χ1n) is 9.98. The first-order valence-corrected chi connectivity index (χ1v) is 9.98. The second-order valence-electron chi connectivity index (χ2n) is 8.41. The number of nitrogens with zero attached hydrogens (tertiary/aromatic N) is 2. The SMILES string of the molecule is CC(C)(C)OC(=O)NCc1ccc(Cn2c3cccnc3c3c(F)cc(F)cc32)cc1. The van der Waals surface area contributed by atoms with Crippen LogP contribution in [0.4, 0.5) is 13.6 Å². The van der Waals surface area contributed by atoms with Crippen LogP contribution in [0.3, 0.4) is 0 Å². The fourth-order valence-electron chi connectivity index (χ4n) is 3.55. The number of halogens is 2. The fourth-order valence-corrected chi connectivity index (χ4v) is 3.55. The zero-order chi connectivity index (χ0) is 22.2. The van der Waals surface area contributed by atoms with Crippen LogP contribution in [0.1, 0.15) is 31.9 Å². The summed E-state index contributed by atoms with van der Waals surface area (Å²) in [5.41, 5.74) is 3.01. The molecule has 0 bridgehead atoms. The maximum Gasteiger partial charge on any atom is 0.407 e. The maximum absolute atomic E-state index is 14.5. The Morgan fingerprint density at radius 2 is 1.77 bits per heavy atom. The first kappa shape index (κ1) is 20.8. The van der Waals surface area contributed by atoms with Gasteiger partial charge in [-0.2, -0.15) is 0 Å². The Morgan fingerprint density at radius 1 is 1.06 bits per heavy atom. The summed E-state index contributed by atoms with van der Waals surface area (Å²) in [5, 5.41) is 3.04. The average Bonchev–Trinajstić information content (AvgIpc) is 3.00. The minimum atomic E-state index is -0.627. The second-order valence-corrected chi connectivity index (χ2v) is 8.41. The number of carbonyl (C=O) groups is 1. The topological polar surface area (TPSA) is 56.1 Å². The molecule has 0 atom stereocenters. The van der Waals surface area contributed by atoms with Crippen LogP contribution in [0.5, 0.6) is 0 Å². The van der Waals surface area contributed by atoms with Crippen LogP contribution < -0.4 is 5.32 Å². The molecule has 7 heteroatoms. The van der Waals surface area contributed by atoms with Gasteiger partial charge < -0.3 is 14.6 Å². The van der Waals surface area contributed by atoms with Crippen LogP contribution in [0, 0.1) is 11.6 Å². The molecule has 1 N–H and O–H groups in total. The zero-order valence-electron chi connectivity index (χ0n) is 17.6. The summed E-state index contributed by atoms with van der Waals surface area (Å²) in [6.07, 6.45) is 1.12. The monoisotopic (exact) mass is 423 g/mol. The van der Waals surface area contributed by atoms with Crippen LogP contribution in [-0.4, -0.2) is 21.2 Å². The highest BCUT2D eigenvalue weighted by Crippen LogP contribution is 2.31. The molecule has 0 aliphatic heterocycles. The molecule has 0 radical (unpaired) electrons. The molecule has 31 heavy (non-hydrogen) atoms. The van der Waals surface area contributed by atoms with E-state index in [4.69, 9.17) is 4.74 Å². The van der Waals surface area contributed by atoms with E-state index in [0.717, 1.165) is 22.7 Å². The lowest BCUT2D eigenvalue weighted by Gasteiger charge is -2.19. The van der Waals surface area contributed by atoms with E-state index in [1.54, 1.807) is 12.3 Å². The molecule has 0 saturated carbocycles. The number of ether oxygens (including phenoxy) is 1. The number of carbonyl (C=O) groups excluding carboxylic acids is 1. The first-order chi connectivity index (χ1) is 14.7. The molecular formula is C24H23F2N3O2. The van der Waals surface area contributed by atoms with Gasteiger partial charge >= 0.3 is 6.09 Å². The molecule has 0 fully saturated rings. The molecule has 0 aliphatic carbocycles. The molecule has 4 rings (SSSR count). The number of nitrogens with one attached hydrogen (secondary N) is 1.